The Balaban J connectivity index is 4.91. The molecule has 0 aromatic carbocycles. The molecule has 0 spiro atoms. The van der Waals surface area contributed by atoms with Crippen LogP contribution in [0.2, 0.25) is 0 Å². The number of rotatable bonds is 70. The fraction of sp³-hybridized carbons (Fsp3) is 0.823. The zero-order chi connectivity index (χ0) is 64.9. The normalized spacial score (nSPS) is 13.8. The number of likely N-dealkylation sites (N-methyl/N-ethyl adjacent to an activating group) is 1. The first kappa shape index (κ1) is 86.5. The summed E-state index contributed by atoms with van der Waals surface area (Å²) in [5, 5.41) is 3.05. The average molecular weight is 1270 g/mol. The molecule has 0 fully saturated rings. The van der Waals surface area contributed by atoms with E-state index < -0.39 is 20.0 Å². The number of hydrogen-bond donors (Lipinski definition) is 1. The van der Waals surface area contributed by atoms with Crippen molar-refractivity contribution in [1.82, 2.24) is 5.32 Å². The van der Waals surface area contributed by atoms with Crippen molar-refractivity contribution in [2.45, 2.75) is 380 Å². The summed E-state index contributed by atoms with van der Waals surface area (Å²) >= 11 is 0. The van der Waals surface area contributed by atoms with Crippen molar-refractivity contribution in [1.29, 1.82) is 0 Å². The van der Waals surface area contributed by atoms with Crippen molar-refractivity contribution < 1.29 is 37.3 Å². The lowest BCUT2D eigenvalue weighted by molar-refractivity contribution is -0.870. The van der Waals surface area contributed by atoms with Gasteiger partial charge in [0.25, 0.3) is 7.82 Å². The van der Waals surface area contributed by atoms with Gasteiger partial charge in [0.05, 0.1) is 33.8 Å². The quantitative estimate of drug-likeness (QED) is 0.0212. The fourth-order valence-corrected chi connectivity index (χ4v) is 12.0. The van der Waals surface area contributed by atoms with E-state index in [2.05, 4.69) is 86.8 Å². The van der Waals surface area contributed by atoms with E-state index in [0.717, 1.165) is 89.9 Å². The molecule has 1 N–H and O–H groups in total. The highest BCUT2D eigenvalue weighted by Gasteiger charge is 2.27. The van der Waals surface area contributed by atoms with E-state index in [4.69, 9.17) is 13.8 Å². The smallest absolute Gasteiger partial charge is 0.306 e. The van der Waals surface area contributed by atoms with Crippen LogP contribution in [0.4, 0.5) is 0 Å². The van der Waals surface area contributed by atoms with Crippen LogP contribution in [0.3, 0.4) is 0 Å². The van der Waals surface area contributed by atoms with Gasteiger partial charge in [0.15, 0.2) is 0 Å². The maximum absolute atomic E-state index is 13.6. The minimum atomic E-state index is -4.71. The van der Waals surface area contributed by atoms with Crippen molar-refractivity contribution in [3.05, 3.63) is 72.9 Å². The van der Waals surface area contributed by atoms with Gasteiger partial charge in [-0.1, -0.05) is 351 Å². The molecule has 9 nitrogen and oxygen atoms in total. The number of nitrogens with one attached hydrogen (secondary N) is 1. The predicted molar refractivity (Wildman–Crippen MR) is 385 cm³/mol. The number of quaternary nitrogens is 1. The molecule has 1 amide bonds. The molecule has 0 aliphatic carbocycles. The van der Waals surface area contributed by atoms with Gasteiger partial charge in [-0.05, 0) is 76.7 Å². The number of esters is 1. The van der Waals surface area contributed by atoms with Gasteiger partial charge in [0.2, 0.25) is 5.91 Å². The van der Waals surface area contributed by atoms with Gasteiger partial charge in [-0.25, -0.2) is 0 Å². The molecule has 3 atom stereocenters. The van der Waals surface area contributed by atoms with E-state index in [1.165, 1.54) is 244 Å². The third kappa shape index (κ3) is 69.6. The van der Waals surface area contributed by atoms with Crippen molar-refractivity contribution >= 4 is 19.7 Å². The van der Waals surface area contributed by atoms with Crippen LogP contribution in [0.5, 0.6) is 0 Å². The molecular formula is C79H147N2O7P. The first-order valence-electron chi connectivity index (χ1n) is 38.2. The van der Waals surface area contributed by atoms with E-state index in [9.17, 15) is 19.0 Å². The number of phosphoric acid groups is 1. The van der Waals surface area contributed by atoms with Gasteiger partial charge in [-0.3, -0.25) is 14.2 Å². The summed E-state index contributed by atoms with van der Waals surface area (Å²) < 4.78 is 30.5. The van der Waals surface area contributed by atoms with Gasteiger partial charge in [0, 0.05) is 12.8 Å². The van der Waals surface area contributed by atoms with Gasteiger partial charge in [0.1, 0.15) is 19.3 Å². The molecule has 0 bridgehead atoms. The molecule has 0 rings (SSSR count). The number of nitrogens with zero attached hydrogens (tertiary/aromatic N) is 1. The Morgan fingerprint density at radius 1 is 0.404 bits per heavy atom. The lowest BCUT2D eigenvalue weighted by Crippen LogP contribution is -2.47. The highest BCUT2D eigenvalue weighted by atomic mass is 31.2. The second-order valence-corrected chi connectivity index (χ2v) is 28.5. The van der Waals surface area contributed by atoms with Gasteiger partial charge < -0.3 is 28.5 Å². The number of ether oxygens (including phenoxy) is 1. The predicted octanol–water partition coefficient (Wildman–Crippen LogP) is 24.1. The zero-order valence-corrected chi connectivity index (χ0v) is 60.5. The van der Waals surface area contributed by atoms with E-state index in [1.54, 1.807) is 0 Å². The summed E-state index contributed by atoms with van der Waals surface area (Å²) in [4.78, 5) is 40.3. The Morgan fingerprint density at radius 2 is 0.719 bits per heavy atom. The van der Waals surface area contributed by atoms with Gasteiger partial charge >= 0.3 is 5.97 Å². The van der Waals surface area contributed by atoms with Crippen molar-refractivity contribution in [3.63, 3.8) is 0 Å². The van der Waals surface area contributed by atoms with Crippen LogP contribution in [-0.4, -0.2) is 69.4 Å². The van der Waals surface area contributed by atoms with Crippen molar-refractivity contribution in [2.75, 3.05) is 40.9 Å². The van der Waals surface area contributed by atoms with Crippen LogP contribution in [-0.2, 0) is 27.9 Å². The second-order valence-electron chi connectivity index (χ2n) is 27.1. The molecule has 0 radical (unpaired) electrons. The van der Waals surface area contributed by atoms with Crippen LogP contribution in [0.25, 0.3) is 0 Å². The molecule has 0 aliphatic heterocycles. The molecule has 0 aliphatic rings. The van der Waals surface area contributed by atoms with Crippen LogP contribution < -0.4 is 10.2 Å². The van der Waals surface area contributed by atoms with E-state index >= 15 is 0 Å². The number of amides is 1. The molecule has 0 heterocycles. The van der Waals surface area contributed by atoms with Crippen LogP contribution in [0.15, 0.2) is 72.9 Å². The molecule has 3 unspecified atom stereocenters. The summed E-state index contributed by atoms with van der Waals surface area (Å²) in [5.74, 6) is -0.530. The summed E-state index contributed by atoms with van der Waals surface area (Å²) in [6.07, 6.45) is 90.5. The first-order valence-corrected chi connectivity index (χ1v) is 39.7. The standard InChI is InChI=1S/C79H147N2O7P/c1-7-10-13-16-19-22-25-27-29-31-33-35-37-39-40-42-44-46-48-50-52-54-57-60-63-66-69-72-79(83)88-77(70-67-64-61-58-55-24-21-18-15-12-9-3)76(75-87-89(84,85)86-74-73-81(4,5)6)80-78(82)71-68-65-62-59-56-53-51-49-47-45-43-41-38-36-34-32-30-28-26-23-20-17-14-11-8-2/h10,13,19,22,27,29,33,35,39-40,67,70,76-77H,7-9,11-12,14-18,20-21,23-26,28,30-32,34,36-38,41-66,68-69,71-75H2,1-6H3,(H-,80,82,84,85)/b13-10-,22-19-,29-27-,35-33-,40-39-,70-67+. The number of allylic oxidation sites excluding steroid dienone is 11. The monoisotopic (exact) mass is 1270 g/mol. The number of unbranched alkanes of at least 4 members (excludes halogenated alkanes) is 44. The maximum Gasteiger partial charge on any atom is 0.306 e. The van der Waals surface area contributed by atoms with Gasteiger partial charge in [-0.2, -0.15) is 0 Å². The first-order chi connectivity index (χ1) is 43.4. The van der Waals surface area contributed by atoms with Crippen molar-refractivity contribution in [2.24, 2.45) is 0 Å². The molecule has 520 valence electrons. The average Bonchev–Trinajstić information content (AvgIpc) is 3.71. The lowest BCUT2D eigenvalue weighted by Gasteiger charge is -2.30. The van der Waals surface area contributed by atoms with E-state index in [-0.39, 0.29) is 31.5 Å². The molecule has 0 aromatic heterocycles. The van der Waals surface area contributed by atoms with Crippen LogP contribution in [0.1, 0.15) is 367 Å². The van der Waals surface area contributed by atoms with E-state index in [1.807, 2.05) is 33.3 Å². The molecule has 0 saturated heterocycles. The molecule has 10 heteroatoms. The van der Waals surface area contributed by atoms with E-state index in [0.29, 0.717) is 17.4 Å². The maximum atomic E-state index is 13.6. The number of phosphoric ester groups is 1. The Kier molecular flexibility index (Phi) is 66.4. The lowest BCUT2D eigenvalue weighted by atomic mass is 10.0. The Labute approximate surface area is 553 Å². The zero-order valence-electron chi connectivity index (χ0n) is 59.6. The molecule has 0 aromatic rings. The summed E-state index contributed by atoms with van der Waals surface area (Å²) in [7, 11) is 1.19. The topological polar surface area (TPSA) is 114 Å². The minimum absolute atomic E-state index is 0.0224. The van der Waals surface area contributed by atoms with Gasteiger partial charge in [-0.15, -0.1) is 0 Å². The van der Waals surface area contributed by atoms with Crippen molar-refractivity contribution in [3.8, 4) is 0 Å². The molecular weight excluding hydrogens is 1120 g/mol. The number of hydrogen-bond acceptors (Lipinski definition) is 7. The Bertz CT molecular complexity index is 1750. The number of carbonyl (C=O) groups is 2. The number of carbonyl (C=O) groups excluding carboxylic acids is 2. The third-order valence-electron chi connectivity index (χ3n) is 17.2. The largest absolute Gasteiger partial charge is 0.756 e. The fourth-order valence-electron chi connectivity index (χ4n) is 11.3. The minimum Gasteiger partial charge on any atom is -0.756 e. The Morgan fingerprint density at radius 3 is 1.08 bits per heavy atom. The van der Waals surface area contributed by atoms with Crippen LogP contribution >= 0.6 is 7.82 Å². The summed E-state index contributed by atoms with van der Waals surface area (Å²) in [6, 6.07) is -0.891. The highest BCUT2D eigenvalue weighted by Crippen LogP contribution is 2.38. The SMILES string of the molecule is CC/C=C\C/C=C\C/C=C\C/C=C\C/C=C\CCCCCCCCCCCCCC(=O)OC(/C=C/CCCCCCCCCCC)C(COP(=O)([O-])OCC[N+](C)(C)C)NC(=O)CCCCCCCCCCCCCCCCCCCCCCCCCCC. The molecule has 89 heavy (non-hydrogen) atoms. The summed E-state index contributed by atoms with van der Waals surface area (Å²) in [5.41, 5.74) is 0. The molecule has 0 saturated carbocycles. The highest BCUT2D eigenvalue weighted by molar-refractivity contribution is 7.45. The van der Waals surface area contributed by atoms with Crippen LogP contribution in [0, 0.1) is 0 Å². The Hall–Kier alpha value is -2.55. The second kappa shape index (κ2) is 68.3. The third-order valence-corrected chi connectivity index (χ3v) is 18.1. The summed E-state index contributed by atoms with van der Waals surface area (Å²) in [6.45, 7) is 6.78.